The Labute approximate surface area is 127 Å². The molecule has 21 heavy (non-hydrogen) atoms. The highest BCUT2D eigenvalue weighted by Crippen LogP contribution is 2.23. The molecule has 0 radical (unpaired) electrons. The van der Waals surface area contributed by atoms with Crippen LogP contribution in [-0.2, 0) is 6.54 Å². The van der Waals surface area contributed by atoms with Crippen LogP contribution in [0.15, 0.2) is 48.5 Å². The van der Waals surface area contributed by atoms with Crippen molar-refractivity contribution < 1.29 is 0 Å². The van der Waals surface area contributed by atoms with E-state index >= 15 is 0 Å². The maximum Gasteiger partial charge on any atom is 0.0400 e. The molecule has 1 aliphatic heterocycles. The van der Waals surface area contributed by atoms with Crippen LogP contribution in [0.4, 0.5) is 11.4 Å². The second kappa shape index (κ2) is 6.66. The molecule has 2 nitrogen and oxygen atoms in total. The molecule has 0 aliphatic carbocycles. The summed E-state index contributed by atoms with van der Waals surface area (Å²) >= 11 is 0. The second-order valence-electron chi connectivity index (χ2n) is 5.94. The van der Waals surface area contributed by atoms with Crippen molar-refractivity contribution >= 4 is 11.4 Å². The Kier molecular flexibility index (Phi) is 4.44. The smallest absolute Gasteiger partial charge is 0.0400 e. The highest BCUT2D eigenvalue weighted by atomic mass is 15.1. The van der Waals surface area contributed by atoms with E-state index in [0.717, 1.165) is 6.54 Å². The molecule has 0 atom stereocenters. The van der Waals surface area contributed by atoms with Crippen molar-refractivity contribution in [3.05, 3.63) is 59.7 Å². The lowest BCUT2D eigenvalue weighted by Crippen LogP contribution is -2.29. The van der Waals surface area contributed by atoms with E-state index in [2.05, 4.69) is 65.7 Å². The number of nitrogens with zero attached hydrogens (tertiary/aromatic N) is 1. The molecular formula is C19H24N2. The summed E-state index contributed by atoms with van der Waals surface area (Å²) in [5, 5.41) is 3.53. The maximum absolute atomic E-state index is 3.53. The van der Waals surface area contributed by atoms with Crippen molar-refractivity contribution in [3.63, 3.8) is 0 Å². The Morgan fingerprint density at radius 1 is 0.952 bits per heavy atom. The Bertz CT molecular complexity index is 568. The van der Waals surface area contributed by atoms with Crippen molar-refractivity contribution in [2.45, 2.75) is 32.7 Å². The fourth-order valence-electron chi connectivity index (χ4n) is 2.87. The van der Waals surface area contributed by atoms with Crippen LogP contribution in [0.2, 0.25) is 0 Å². The number of nitrogens with one attached hydrogen (secondary N) is 1. The van der Waals surface area contributed by atoms with E-state index < -0.39 is 0 Å². The zero-order valence-electron chi connectivity index (χ0n) is 12.8. The molecule has 1 N–H and O–H groups in total. The lowest BCUT2D eigenvalue weighted by atomic mass is 10.1. The number of hydrogen-bond donors (Lipinski definition) is 1. The van der Waals surface area contributed by atoms with Crippen LogP contribution >= 0.6 is 0 Å². The molecule has 0 amide bonds. The van der Waals surface area contributed by atoms with Gasteiger partial charge in [-0.15, -0.1) is 0 Å². The molecule has 0 unspecified atom stereocenters. The van der Waals surface area contributed by atoms with Gasteiger partial charge in [-0.3, -0.25) is 0 Å². The number of benzene rings is 2. The predicted molar refractivity (Wildman–Crippen MR) is 91.0 cm³/mol. The maximum atomic E-state index is 3.53. The summed E-state index contributed by atoms with van der Waals surface area (Å²) in [5.74, 6) is 0. The average molecular weight is 280 g/mol. The van der Waals surface area contributed by atoms with Gasteiger partial charge in [0.2, 0.25) is 0 Å². The number of rotatable bonds is 4. The Balaban J connectivity index is 1.64. The van der Waals surface area contributed by atoms with E-state index in [1.54, 1.807) is 0 Å². The monoisotopic (exact) mass is 280 g/mol. The summed E-state index contributed by atoms with van der Waals surface area (Å²) in [4.78, 5) is 2.50. The zero-order valence-corrected chi connectivity index (χ0v) is 12.8. The van der Waals surface area contributed by atoms with Crippen LogP contribution in [-0.4, -0.2) is 13.1 Å². The number of aryl methyl sites for hydroxylation is 1. The zero-order chi connectivity index (χ0) is 14.5. The lowest BCUT2D eigenvalue weighted by Gasteiger charge is -2.29. The summed E-state index contributed by atoms with van der Waals surface area (Å²) < 4.78 is 0. The van der Waals surface area contributed by atoms with Gasteiger partial charge in [0.15, 0.2) is 0 Å². The molecule has 1 aliphatic rings. The third-order valence-electron chi connectivity index (χ3n) is 4.18. The molecule has 1 saturated heterocycles. The minimum atomic E-state index is 0.879. The van der Waals surface area contributed by atoms with Gasteiger partial charge < -0.3 is 10.2 Å². The van der Waals surface area contributed by atoms with Gasteiger partial charge in [0.1, 0.15) is 0 Å². The van der Waals surface area contributed by atoms with Gasteiger partial charge in [-0.25, -0.2) is 0 Å². The summed E-state index contributed by atoms with van der Waals surface area (Å²) in [6.07, 6.45) is 4.02. The topological polar surface area (TPSA) is 15.3 Å². The van der Waals surface area contributed by atoms with E-state index in [4.69, 9.17) is 0 Å². The molecule has 110 valence electrons. The lowest BCUT2D eigenvalue weighted by molar-refractivity contribution is 0.578. The molecule has 2 heteroatoms. The number of piperidine rings is 1. The van der Waals surface area contributed by atoms with Crippen LogP contribution in [0.25, 0.3) is 0 Å². The summed E-state index contributed by atoms with van der Waals surface area (Å²) in [6, 6.07) is 17.5. The molecule has 0 aromatic heterocycles. The van der Waals surface area contributed by atoms with Gasteiger partial charge in [-0.1, -0.05) is 35.9 Å². The van der Waals surface area contributed by atoms with E-state index in [1.807, 2.05) is 0 Å². The first-order valence-corrected chi connectivity index (χ1v) is 7.96. The molecular weight excluding hydrogens is 256 g/mol. The Morgan fingerprint density at radius 3 is 2.48 bits per heavy atom. The van der Waals surface area contributed by atoms with Gasteiger partial charge >= 0.3 is 0 Å². The highest BCUT2D eigenvalue weighted by molar-refractivity contribution is 5.58. The molecule has 0 spiro atoms. The predicted octanol–water partition coefficient (Wildman–Crippen LogP) is 4.60. The van der Waals surface area contributed by atoms with Crippen LogP contribution in [0.1, 0.15) is 30.4 Å². The SMILES string of the molecule is Cc1ccc(CNc2cccc(N3CCCCC3)c2)cc1. The first-order chi connectivity index (χ1) is 10.3. The summed E-state index contributed by atoms with van der Waals surface area (Å²) in [7, 11) is 0. The van der Waals surface area contributed by atoms with Crippen LogP contribution in [0.5, 0.6) is 0 Å². The molecule has 0 saturated carbocycles. The standard InChI is InChI=1S/C19H24N2/c1-16-8-10-17(11-9-16)15-20-18-6-5-7-19(14-18)21-12-3-2-4-13-21/h5-11,14,20H,2-4,12-13,15H2,1H3. The van der Waals surface area contributed by atoms with Gasteiger partial charge in [0, 0.05) is 31.0 Å². The highest BCUT2D eigenvalue weighted by Gasteiger charge is 2.10. The fraction of sp³-hybridized carbons (Fsp3) is 0.368. The minimum absolute atomic E-state index is 0.879. The van der Waals surface area contributed by atoms with Crippen LogP contribution < -0.4 is 10.2 Å². The van der Waals surface area contributed by atoms with E-state index in [-0.39, 0.29) is 0 Å². The van der Waals surface area contributed by atoms with Crippen molar-refractivity contribution in [1.82, 2.24) is 0 Å². The van der Waals surface area contributed by atoms with Gasteiger partial charge in [0.25, 0.3) is 0 Å². The first kappa shape index (κ1) is 14.0. The number of hydrogen-bond acceptors (Lipinski definition) is 2. The quantitative estimate of drug-likeness (QED) is 0.880. The molecule has 3 rings (SSSR count). The molecule has 1 heterocycles. The third kappa shape index (κ3) is 3.78. The van der Waals surface area contributed by atoms with Gasteiger partial charge in [0.05, 0.1) is 0 Å². The van der Waals surface area contributed by atoms with Gasteiger partial charge in [-0.2, -0.15) is 0 Å². The van der Waals surface area contributed by atoms with Crippen molar-refractivity contribution in [3.8, 4) is 0 Å². The third-order valence-corrected chi connectivity index (χ3v) is 4.18. The van der Waals surface area contributed by atoms with E-state index in [0.29, 0.717) is 0 Å². The Hall–Kier alpha value is -1.96. The summed E-state index contributed by atoms with van der Waals surface area (Å²) in [5.41, 5.74) is 5.19. The molecule has 2 aromatic rings. The Morgan fingerprint density at radius 2 is 1.71 bits per heavy atom. The summed E-state index contributed by atoms with van der Waals surface area (Å²) in [6.45, 7) is 5.39. The molecule has 1 fully saturated rings. The first-order valence-electron chi connectivity index (χ1n) is 7.96. The van der Waals surface area contributed by atoms with Crippen molar-refractivity contribution in [2.24, 2.45) is 0 Å². The van der Waals surface area contributed by atoms with E-state index in [9.17, 15) is 0 Å². The van der Waals surface area contributed by atoms with Crippen molar-refractivity contribution in [2.75, 3.05) is 23.3 Å². The largest absolute Gasteiger partial charge is 0.381 e. The average Bonchev–Trinajstić information content (AvgIpc) is 2.55. The van der Waals surface area contributed by atoms with E-state index in [1.165, 1.54) is 54.9 Å². The minimum Gasteiger partial charge on any atom is -0.381 e. The van der Waals surface area contributed by atoms with Crippen LogP contribution in [0.3, 0.4) is 0 Å². The normalized spacial score (nSPS) is 15.0. The molecule has 2 aromatic carbocycles. The van der Waals surface area contributed by atoms with Crippen LogP contribution in [0, 0.1) is 6.92 Å². The fourth-order valence-corrected chi connectivity index (χ4v) is 2.87. The molecule has 0 bridgehead atoms. The second-order valence-corrected chi connectivity index (χ2v) is 5.94. The van der Waals surface area contributed by atoms with Gasteiger partial charge in [-0.05, 0) is 49.9 Å². The number of anilines is 2. The van der Waals surface area contributed by atoms with Crippen molar-refractivity contribution in [1.29, 1.82) is 0 Å².